The maximum Gasteiger partial charge on any atom is 0.163 e. The van der Waals surface area contributed by atoms with Crippen LogP contribution in [-0.4, -0.2) is 33.2 Å². The van der Waals surface area contributed by atoms with Gasteiger partial charge in [0.1, 0.15) is 5.01 Å². The highest BCUT2D eigenvalue weighted by Gasteiger charge is 2.37. The summed E-state index contributed by atoms with van der Waals surface area (Å²) in [5, 5.41) is 9.96. The molecule has 0 fully saturated rings. The summed E-state index contributed by atoms with van der Waals surface area (Å²) in [5.74, 6) is 0.559. The highest BCUT2D eigenvalue weighted by molar-refractivity contribution is 7.21. The molecule has 0 atom stereocenters. The van der Waals surface area contributed by atoms with Crippen molar-refractivity contribution in [2.24, 2.45) is 0 Å². The number of hydrogen-bond donors (Lipinski definition) is 0. The summed E-state index contributed by atoms with van der Waals surface area (Å²) in [6.07, 6.45) is 0. The Morgan fingerprint density at radius 1 is 0.247 bits per heavy atom. The van der Waals surface area contributed by atoms with Gasteiger partial charge in [0.2, 0.25) is 0 Å². The van der Waals surface area contributed by atoms with Crippen LogP contribution in [0.2, 0.25) is 0 Å². The molecule has 0 radical (unpaired) electrons. The highest BCUT2D eigenvalue weighted by Crippen LogP contribution is 2.55. The fourth-order valence-corrected chi connectivity index (χ4v) is 14.7. The van der Waals surface area contributed by atoms with Gasteiger partial charge in [0.25, 0.3) is 0 Å². The van der Waals surface area contributed by atoms with E-state index in [0.29, 0.717) is 5.82 Å². The number of benzene rings is 12. The Kier molecular flexibility index (Phi) is 10.4. The molecule has 0 saturated heterocycles. The van der Waals surface area contributed by atoms with Crippen molar-refractivity contribution in [1.82, 2.24) is 33.2 Å². The number of nitrogens with zero attached hydrogens (tertiary/aromatic N) is 7. The topological polar surface area (TPSA) is 58.4 Å². The van der Waals surface area contributed by atoms with Crippen LogP contribution in [0.25, 0.3) is 165 Å². The smallest absolute Gasteiger partial charge is 0.163 e. The van der Waals surface area contributed by atoms with Crippen LogP contribution in [0.5, 0.6) is 0 Å². The lowest BCUT2D eigenvalue weighted by molar-refractivity contribution is 1.02. The van der Waals surface area contributed by atoms with Crippen LogP contribution in [0.15, 0.2) is 285 Å². The van der Waals surface area contributed by atoms with Crippen molar-refractivity contribution in [3.63, 3.8) is 0 Å². The number of fused-ring (bicyclic) bond motifs is 13. The van der Waals surface area contributed by atoms with Crippen molar-refractivity contribution < 1.29 is 0 Å². The van der Waals surface area contributed by atoms with Gasteiger partial charge in [-0.3, -0.25) is 0 Å². The van der Waals surface area contributed by atoms with Gasteiger partial charge in [0, 0.05) is 54.2 Å². The first kappa shape index (κ1) is 47.4. The van der Waals surface area contributed by atoms with Crippen molar-refractivity contribution in [2.45, 2.75) is 0 Å². The average Bonchev–Trinajstić information content (AvgIpc) is 1.70. The van der Waals surface area contributed by atoms with E-state index in [-0.39, 0.29) is 0 Å². The number of thiazole rings is 1. The van der Waals surface area contributed by atoms with E-state index in [9.17, 15) is 0 Å². The second kappa shape index (κ2) is 18.7. The van der Waals surface area contributed by atoms with Gasteiger partial charge in [-0.2, -0.15) is 0 Å². The molecule has 0 aliphatic carbocycles. The van der Waals surface area contributed by atoms with Crippen molar-refractivity contribution in [2.75, 3.05) is 0 Å². The molecule has 0 aliphatic rings. The Bertz CT molecular complexity index is 5440. The average molecular weight is 1100 g/mol. The summed E-state index contributed by atoms with van der Waals surface area (Å²) in [5.41, 5.74) is 18.4. The van der Waals surface area contributed by atoms with Gasteiger partial charge in [-0.05, 0) is 66.7 Å². The second-order valence-electron chi connectivity index (χ2n) is 21.8. The predicted octanol–water partition coefficient (Wildman–Crippen LogP) is 20.1. The van der Waals surface area contributed by atoms with Crippen LogP contribution < -0.4 is 0 Å². The van der Waals surface area contributed by atoms with Gasteiger partial charge < -0.3 is 18.3 Å². The molecule has 396 valence electrons. The van der Waals surface area contributed by atoms with Gasteiger partial charge in [-0.15, -0.1) is 11.3 Å². The first-order valence-corrected chi connectivity index (χ1v) is 29.6. The third-order valence-corrected chi connectivity index (χ3v) is 18.3. The summed E-state index contributed by atoms with van der Waals surface area (Å²) in [6.45, 7) is 0. The lowest BCUT2D eigenvalue weighted by Crippen LogP contribution is -2.17. The molecular formula is C77H47N7S. The first-order valence-electron chi connectivity index (χ1n) is 28.8. The quantitative estimate of drug-likeness (QED) is 0.152. The fraction of sp³-hybridized carbons (Fsp3) is 0. The van der Waals surface area contributed by atoms with Gasteiger partial charge in [-0.1, -0.05) is 218 Å². The van der Waals surface area contributed by atoms with E-state index in [1.165, 1.54) is 0 Å². The zero-order valence-corrected chi connectivity index (χ0v) is 46.5. The van der Waals surface area contributed by atoms with E-state index in [1.807, 2.05) is 0 Å². The molecule has 6 aromatic heterocycles. The van der Waals surface area contributed by atoms with E-state index >= 15 is 0 Å². The fourth-order valence-electron chi connectivity index (χ4n) is 13.7. The SMILES string of the molecule is c1ccc(-c2cc(-c3ccccc3)nc(-c3c(-c4nc5ccccc5s4)c(-n4c5ccccc5c5ccccc54)c(-n4c5ccccc5c5ccccc54)c(-n4c5ccccc5c5ccccc54)c3-n3c4ccccc4c4ccccc43)n2)cc1. The molecule has 0 amide bonds. The maximum absolute atomic E-state index is 5.98. The van der Waals surface area contributed by atoms with Crippen molar-refractivity contribution >= 4 is 109 Å². The standard InChI is InChI=1S/C77H47N7S/c1-3-25-48(26-4-1)59-47-60(49-27-5-2-6-28-49)79-76(78-59)70-71(77-80-58-37-15-24-46-69(58)85-77)73(82-63-40-18-9-31-52(63)53-32-10-19-41-64(53)82)75(84-67-44-22-13-35-56(67)57-36-14-23-45-68(57)84)74(83-65-42-20-11-33-54(65)55-34-12-21-43-66(55)83)72(70)81-61-38-16-7-29-50(61)51-30-8-17-39-62(51)81/h1-47H. The van der Waals surface area contributed by atoms with Gasteiger partial charge >= 0.3 is 0 Å². The Morgan fingerprint density at radius 2 is 0.529 bits per heavy atom. The summed E-state index contributed by atoms with van der Waals surface area (Å²) in [7, 11) is 0. The summed E-state index contributed by atoms with van der Waals surface area (Å²) >= 11 is 1.71. The zero-order valence-electron chi connectivity index (χ0n) is 45.7. The van der Waals surface area contributed by atoms with Crippen LogP contribution in [0.3, 0.4) is 0 Å². The Morgan fingerprint density at radius 3 is 0.871 bits per heavy atom. The van der Waals surface area contributed by atoms with Crippen molar-refractivity contribution in [3.05, 3.63) is 285 Å². The minimum absolute atomic E-state index is 0.559. The molecule has 18 aromatic rings. The van der Waals surface area contributed by atoms with Gasteiger partial charge in [0.05, 0.1) is 99.6 Å². The minimum Gasteiger partial charge on any atom is -0.306 e. The zero-order chi connectivity index (χ0) is 55.7. The van der Waals surface area contributed by atoms with Crippen molar-refractivity contribution in [1.29, 1.82) is 0 Å². The van der Waals surface area contributed by atoms with Crippen molar-refractivity contribution in [3.8, 4) is 67.2 Å². The van der Waals surface area contributed by atoms with Crippen LogP contribution >= 0.6 is 11.3 Å². The predicted molar refractivity (Wildman–Crippen MR) is 354 cm³/mol. The summed E-state index contributed by atoms with van der Waals surface area (Å²) in [4.78, 5) is 17.8. The molecule has 12 aromatic carbocycles. The minimum atomic E-state index is 0.559. The molecule has 0 unspecified atom stereocenters. The Labute approximate surface area is 491 Å². The molecule has 18 rings (SSSR count). The Balaban J connectivity index is 1.22. The summed E-state index contributed by atoms with van der Waals surface area (Å²) < 4.78 is 11.3. The Hall–Kier alpha value is -11.2. The lowest BCUT2D eigenvalue weighted by atomic mass is 9.95. The molecular weight excluding hydrogens is 1050 g/mol. The monoisotopic (exact) mass is 1100 g/mol. The molecule has 85 heavy (non-hydrogen) atoms. The van der Waals surface area contributed by atoms with Crippen LogP contribution in [-0.2, 0) is 0 Å². The maximum atomic E-state index is 5.98. The molecule has 0 saturated carbocycles. The van der Waals surface area contributed by atoms with Crippen LogP contribution in [0.4, 0.5) is 0 Å². The van der Waals surface area contributed by atoms with Crippen LogP contribution in [0.1, 0.15) is 0 Å². The van der Waals surface area contributed by atoms with E-state index in [4.69, 9.17) is 15.0 Å². The summed E-state index contributed by atoms with van der Waals surface area (Å²) in [6, 6.07) is 103. The van der Waals surface area contributed by atoms with Gasteiger partial charge in [0.15, 0.2) is 5.82 Å². The molecule has 0 aliphatic heterocycles. The molecule has 0 spiro atoms. The number of para-hydroxylation sites is 9. The molecule has 8 heteroatoms. The van der Waals surface area contributed by atoms with E-state index < -0.39 is 0 Å². The van der Waals surface area contributed by atoms with E-state index in [0.717, 1.165) is 159 Å². The normalized spacial score (nSPS) is 12.0. The van der Waals surface area contributed by atoms with E-state index in [2.05, 4.69) is 303 Å². The number of aromatic nitrogens is 7. The third-order valence-electron chi connectivity index (χ3n) is 17.2. The lowest BCUT2D eigenvalue weighted by Gasteiger charge is -2.30. The van der Waals surface area contributed by atoms with E-state index in [1.54, 1.807) is 11.3 Å². The number of rotatable bonds is 8. The molecule has 6 heterocycles. The highest BCUT2D eigenvalue weighted by atomic mass is 32.1. The largest absolute Gasteiger partial charge is 0.306 e. The first-order chi connectivity index (χ1) is 42.2. The third kappa shape index (κ3) is 7.03. The number of hydrogen-bond acceptors (Lipinski definition) is 4. The van der Waals surface area contributed by atoms with Crippen LogP contribution in [0, 0.1) is 0 Å². The molecule has 0 N–H and O–H groups in total. The molecule has 7 nitrogen and oxygen atoms in total. The molecule has 0 bridgehead atoms. The second-order valence-corrected chi connectivity index (χ2v) is 22.8. The van der Waals surface area contributed by atoms with Gasteiger partial charge in [-0.25, -0.2) is 15.0 Å².